The Morgan fingerprint density at radius 3 is 2.60 bits per heavy atom. The number of ether oxygens (including phenoxy) is 1. The summed E-state index contributed by atoms with van der Waals surface area (Å²) in [5, 5.41) is 0. The van der Waals surface area contributed by atoms with Crippen LogP contribution in [0.4, 0.5) is 5.82 Å². The summed E-state index contributed by atoms with van der Waals surface area (Å²) in [4.78, 5) is 0. The number of hydrogen-bond acceptors (Lipinski definition) is 2. The van der Waals surface area contributed by atoms with Gasteiger partial charge in [-0.25, -0.2) is 0 Å². The molecule has 0 aliphatic rings. The highest BCUT2D eigenvalue weighted by Crippen LogP contribution is 2.25. The third-order valence-electron chi connectivity index (χ3n) is 2.53. The van der Waals surface area contributed by atoms with E-state index in [0.717, 1.165) is 22.8 Å². The van der Waals surface area contributed by atoms with Crippen molar-refractivity contribution in [3.8, 4) is 17.0 Å². The highest BCUT2D eigenvalue weighted by atomic mass is 16.5. The molecule has 2 aromatic rings. The molecule has 0 spiro atoms. The summed E-state index contributed by atoms with van der Waals surface area (Å²) in [5.41, 5.74) is 7.97. The van der Waals surface area contributed by atoms with Gasteiger partial charge in [-0.3, -0.25) is 0 Å². The minimum Gasteiger partial charge on any atom is -0.497 e. The van der Waals surface area contributed by atoms with Crippen LogP contribution in [-0.4, -0.2) is 11.7 Å². The van der Waals surface area contributed by atoms with Crippen molar-refractivity contribution in [3.05, 3.63) is 36.4 Å². The number of benzene rings is 1. The van der Waals surface area contributed by atoms with Gasteiger partial charge in [0.15, 0.2) is 0 Å². The largest absolute Gasteiger partial charge is 0.497 e. The van der Waals surface area contributed by atoms with Crippen LogP contribution < -0.4 is 10.5 Å². The molecule has 0 aliphatic heterocycles. The number of nitrogen functional groups attached to an aromatic ring is 1. The molecule has 0 bridgehead atoms. The zero-order chi connectivity index (χ0) is 10.8. The van der Waals surface area contributed by atoms with Gasteiger partial charge in [-0.15, -0.1) is 0 Å². The van der Waals surface area contributed by atoms with Gasteiger partial charge in [0.25, 0.3) is 0 Å². The van der Waals surface area contributed by atoms with Gasteiger partial charge in [-0.05, 0) is 24.3 Å². The zero-order valence-electron chi connectivity index (χ0n) is 8.90. The van der Waals surface area contributed by atoms with E-state index in [0.29, 0.717) is 0 Å². The molecule has 0 amide bonds. The number of nitrogens with zero attached hydrogens (tertiary/aromatic N) is 1. The average molecular weight is 202 g/mol. The van der Waals surface area contributed by atoms with Gasteiger partial charge in [0.05, 0.1) is 7.11 Å². The first-order valence-corrected chi connectivity index (χ1v) is 4.78. The Labute approximate surface area is 89.1 Å². The lowest BCUT2D eigenvalue weighted by Gasteiger charge is -2.06. The number of anilines is 1. The van der Waals surface area contributed by atoms with Crippen molar-refractivity contribution in [1.29, 1.82) is 0 Å². The Bertz CT molecular complexity index is 474. The van der Waals surface area contributed by atoms with Crippen LogP contribution >= 0.6 is 0 Å². The van der Waals surface area contributed by atoms with Crippen molar-refractivity contribution in [1.82, 2.24) is 4.57 Å². The molecule has 1 aromatic carbocycles. The van der Waals surface area contributed by atoms with Crippen LogP contribution in [-0.2, 0) is 7.05 Å². The Kier molecular flexibility index (Phi) is 2.37. The van der Waals surface area contributed by atoms with E-state index in [1.807, 2.05) is 48.0 Å². The van der Waals surface area contributed by atoms with E-state index < -0.39 is 0 Å². The second-order valence-electron chi connectivity index (χ2n) is 3.43. The Balaban J connectivity index is 2.49. The fourth-order valence-corrected chi connectivity index (χ4v) is 1.60. The smallest absolute Gasteiger partial charge is 0.119 e. The van der Waals surface area contributed by atoms with Gasteiger partial charge in [-0.2, -0.15) is 0 Å². The number of methoxy groups -OCH3 is 1. The minimum atomic E-state index is 0.757. The van der Waals surface area contributed by atoms with E-state index in [9.17, 15) is 0 Å². The van der Waals surface area contributed by atoms with Crippen molar-refractivity contribution in [2.24, 2.45) is 7.05 Å². The molecular weight excluding hydrogens is 188 g/mol. The third-order valence-corrected chi connectivity index (χ3v) is 2.53. The summed E-state index contributed by atoms with van der Waals surface area (Å²) in [6.07, 6.45) is 0. The second kappa shape index (κ2) is 3.69. The zero-order valence-corrected chi connectivity index (χ0v) is 8.90. The lowest BCUT2D eigenvalue weighted by molar-refractivity contribution is 0.415. The van der Waals surface area contributed by atoms with Gasteiger partial charge in [-0.1, -0.05) is 12.1 Å². The van der Waals surface area contributed by atoms with Crippen LogP contribution in [0.1, 0.15) is 0 Å². The Hall–Kier alpha value is -1.90. The van der Waals surface area contributed by atoms with E-state index in [4.69, 9.17) is 10.5 Å². The maximum atomic E-state index is 5.78. The molecule has 1 heterocycles. The van der Waals surface area contributed by atoms with Crippen molar-refractivity contribution >= 4 is 5.82 Å². The molecule has 0 atom stereocenters. The van der Waals surface area contributed by atoms with Crippen LogP contribution in [0, 0.1) is 0 Å². The molecule has 2 N–H and O–H groups in total. The molecule has 78 valence electrons. The highest BCUT2D eigenvalue weighted by Gasteiger charge is 2.04. The maximum Gasteiger partial charge on any atom is 0.119 e. The maximum absolute atomic E-state index is 5.78. The third kappa shape index (κ3) is 1.68. The summed E-state index contributed by atoms with van der Waals surface area (Å²) >= 11 is 0. The molecule has 15 heavy (non-hydrogen) atoms. The van der Waals surface area contributed by atoms with Crippen LogP contribution in [0.5, 0.6) is 5.75 Å². The first kappa shape index (κ1) is 9.65. The van der Waals surface area contributed by atoms with Gasteiger partial charge in [0, 0.05) is 18.3 Å². The molecule has 0 saturated heterocycles. The first-order chi connectivity index (χ1) is 7.22. The molecule has 2 rings (SSSR count). The van der Waals surface area contributed by atoms with Gasteiger partial charge >= 0.3 is 0 Å². The summed E-state index contributed by atoms with van der Waals surface area (Å²) in [6.45, 7) is 0. The normalized spacial score (nSPS) is 10.3. The number of aromatic nitrogens is 1. The molecule has 0 aliphatic carbocycles. The summed E-state index contributed by atoms with van der Waals surface area (Å²) < 4.78 is 7.14. The van der Waals surface area contributed by atoms with Crippen molar-refractivity contribution in [2.75, 3.05) is 12.8 Å². The van der Waals surface area contributed by atoms with Crippen LogP contribution in [0.25, 0.3) is 11.3 Å². The van der Waals surface area contributed by atoms with Crippen molar-refractivity contribution in [3.63, 3.8) is 0 Å². The van der Waals surface area contributed by atoms with E-state index in [1.165, 1.54) is 0 Å². The van der Waals surface area contributed by atoms with Gasteiger partial charge in [0.2, 0.25) is 0 Å². The predicted octanol–water partition coefficient (Wildman–Crippen LogP) is 2.28. The van der Waals surface area contributed by atoms with E-state index in [2.05, 4.69) is 0 Å². The summed E-state index contributed by atoms with van der Waals surface area (Å²) in [5.74, 6) is 1.61. The molecule has 0 fully saturated rings. The monoisotopic (exact) mass is 202 g/mol. The minimum absolute atomic E-state index is 0.757. The summed E-state index contributed by atoms with van der Waals surface area (Å²) in [6, 6.07) is 11.8. The number of hydrogen-bond donors (Lipinski definition) is 1. The van der Waals surface area contributed by atoms with Crippen LogP contribution in [0.3, 0.4) is 0 Å². The topological polar surface area (TPSA) is 40.2 Å². The SMILES string of the molecule is COc1cccc(-c2ccc(N)n2C)c1. The van der Waals surface area contributed by atoms with Crippen LogP contribution in [0.2, 0.25) is 0 Å². The molecule has 3 heteroatoms. The molecule has 1 aromatic heterocycles. The van der Waals surface area contributed by atoms with Crippen LogP contribution in [0.15, 0.2) is 36.4 Å². The highest BCUT2D eigenvalue weighted by molar-refractivity contribution is 5.65. The lowest BCUT2D eigenvalue weighted by Crippen LogP contribution is -1.97. The van der Waals surface area contributed by atoms with Crippen molar-refractivity contribution in [2.45, 2.75) is 0 Å². The van der Waals surface area contributed by atoms with Gasteiger partial charge in [0.1, 0.15) is 11.6 Å². The van der Waals surface area contributed by atoms with Gasteiger partial charge < -0.3 is 15.0 Å². The molecule has 0 radical (unpaired) electrons. The fourth-order valence-electron chi connectivity index (χ4n) is 1.60. The molecular formula is C12H14N2O. The standard InChI is InChI=1S/C12H14N2O/c1-14-11(6-7-12(14)13)9-4-3-5-10(8-9)15-2/h3-8H,13H2,1-2H3. The predicted molar refractivity (Wildman–Crippen MR) is 61.8 cm³/mol. The van der Waals surface area contributed by atoms with E-state index >= 15 is 0 Å². The summed E-state index contributed by atoms with van der Waals surface area (Å²) in [7, 11) is 3.61. The Morgan fingerprint density at radius 1 is 1.20 bits per heavy atom. The van der Waals surface area contributed by atoms with E-state index in [1.54, 1.807) is 7.11 Å². The quantitative estimate of drug-likeness (QED) is 0.811. The molecule has 0 saturated carbocycles. The lowest BCUT2D eigenvalue weighted by atomic mass is 10.1. The first-order valence-electron chi connectivity index (χ1n) is 4.78. The van der Waals surface area contributed by atoms with E-state index in [-0.39, 0.29) is 0 Å². The fraction of sp³-hybridized carbons (Fsp3) is 0.167. The average Bonchev–Trinajstić information content (AvgIpc) is 2.60. The Morgan fingerprint density at radius 2 is 2.00 bits per heavy atom. The number of nitrogens with two attached hydrogens (primary N) is 1. The second-order valence-corrected chi connectivity index (χ2v) is 3.43. The van der Waals surface area contributed by atoms with Crippen molar-refractivity contribution < 1.29 is 4.74 Å². The number of rotatable bonds is 2. The molecule has 0 unspecified atom stereocenters. The molecule has 3 nitrogen and oxygen atoms in total.